The summed E-state index contributed by atoms with van der Waals surface area (Å²) in [6.45, 7) is 3.81. The van der Waals surface area contributed by atoms with Crippen molar-refractivity contribution in [3.05, 3.63) is 24.3 Å². The second kappa shape index (κ2) is 9.58. The number of thioether (sulfide) groups is 1. The average molecular weight is 502 g/mol. The molecule has 8 heteroatoms. The highest BCUT2D eigenvalue weighted by Gasteiger charge is 2.73. The van der Waals surface area contributed by atoms with E-state index < -0.39 is 27.4 Å². The number of hydrogen-bond acceptors (Lipinski definition) is 5. The molecule has 0 aromatic carbocycles. The van der Waals surface area contributed by atoms with Gasteiger partial charge in [-0.05, 0) is 39.0 Å². The van der Waals surface area contributed by atoms with Crippen LogP contribution in [0.5, 0.6) is 0 Å². The fourth-order valence-electron chi connectivity index (χ4n) is 7.19. The predicted molar refractivity (Wildman–Crippen MR) is 137 cm³/mol. The Kier molecular flexibility index (Phi) is 6.81. The summed E-state index contributed by atoms with van der Waals surface area (Å²) in [6, 6.07) is -0.364. The molecular formula is C27H39N3O4S. The van der Waals surface area contributed by atoms with Gasteiger partial charge >= 0.3 is 0 Å². The van der Waals surface area contributed by atoms with Crippen molar-refractivity contribution >= 4 is 29.5 Å². The third kappa shape index (κ3) is 3.95. The minimum absolute atomic E-state index is 0.00432. The van der Waals surface area contributed by atoms with Gasteiger partial charge in [0.25, 0.3) is 0 Å². The summed E-state index contributed by atoms with van der Waals surface area (Å²) < 4.78 is -1.28. The molecule has 4 aliphatic heterocycles. The largest absolute Gasteiger partial charge is 0.396 e. The Morgan fingerprint density at radius 3 is 2.43 bits per heavy atom. The number of hydrogen-bond donors (Lipinski definition) is 1. The lowest BCUT2D eigenvalue weighted by Gasteiger charge is -2.40. The highest BCUT2D eigenvalue weighted by molar-refractivity contribution is 8.02. The first-order chi connectivity index (χ1) is 16.8. The van der Waals surface area contributed by atoms with Crippen LogP contribution in [0.3, 0.4) is 0 Å². The highest BCUT2D eigenvalue weighted by atomic mass is 32.2. The lowest BCUT2D eigenvalue weighted by Crippen LogP contribution is -2.55. The molecule has 7 nitrogen and oxygen atoms in total. The van der Waals surface area contributed by atoms with Crippen LogP contribution in [0.4, 0.5) is 0 Å². The van der Waals surface area contributed by atoms with Crippen molar-refractivity contribution in [2.45, 2.75) is 79.9 Å². The third-order valence-corrected chi connectivity index (χ3v) is 10.7. The molecule has 0 aromatic rings. The van der Waals surface area contributed by atoms with Crippen LogP contribution in [0.2, 0.25) is 0 Å². The lowest BCUT2D eigenvalue weighted by molar-refractivity contribution is -0.145. The van der Waals surface area contributed by atoms with Crippen LogP contribution >= 0.6 is 11.8 Å². The standard InChI is InChI=1S/C27H39N3O4S/c1-26-13-9-15-28(2)23(32)20(26)21-24(33)30(16-7-4-8-18-31)22-25(34)29(19-11-5-3-6-12-19)17-10-14-27(21,22)35-26/h9-10,13-14,19-22,31H,3-8,11-12,15-18H2,1-2H3/t20-,21-,22?,26+,27-/m0/s1. The topological polar surface area (TPSA) is 81.2 Å². The molecule has 1 aliphatic carbocycles. The Labute approximate surface area is 213 Å². The van der Waals surface area contributed by atoms with Crippen LogP contribution in [0.25, 0.3) is 0 Å². The van der Waals surface area contributed by atoms with Crippen molar-refractivity contribution in [3.63, 3.8) is 0 Å². The van der Waals surface area contributed by atoms with Crippen molar-refractivity contribution in [1.82, 2.24) is 14.7 Å². The number of carbonyl (C=O) groups is 3. The zero-order valence-electron chi connectivity index (χ0n) is 21.0. The minimum atomic E-state index is -0.744. The molecule has 0 aromatic heterocycles. The molecule has 35 heavy (non-hydrogen) atoms. The molecule has 0 radical (unpaired) electrons. The van der Waals surface area contributed by atoms with Gasteiger partial charge in [0.1, 0.15) is 6.04 Å². The lowest BCUT2D eigenvalue weighted by atomic mass is 9.74. The van der Waals surface area contributed by atoms with Gasteiger partial charge in [0.05, 0.1) is 16.6 Å². The van der Waals surface area contributed by atoms with E-state index in [1.165, 1.54) is 6.42 Å². The molecule has 2 saturated heterocycles. The van der Waals surface area contributed by atoms with Gasteiger partial charge in [-0.15, -0.1) is 11.8 Å². The van der Waals surface area contributed by atoms with E-state index >= 15 is 0 Å². The van der Waals surface area contributed by atoms with Gasteiger partial charge in [-0.2, -0.15) is 0 Å². The number of unbranched alkanes of at least 4 members (excludes halogenated alkanes) is 2. The van der Waals surface area contributed by atoms with Gasteiger partial charge in [0.15, 0.2) is 0 Å². The quantitative estimate of drug-likeness (QED) is 0.447. The molecule has 1 N–H and O–H groups in total. The summed E-state index contributed by atoms with van der Waals surface area (Å²) in [5.74, 6) is -1.05. The van der Waals surface area contributed by atoms with Gasteiger partial charge in [-0.25, -0.2) is 0 Å². The molecule has 1 saturated carbocycles. The summed E-state index contributed by atoms with van der Waals surface area (Å²) in [4.78, 5) is 47.7. The maximum Gasteiger partial charge on any atom is 0.247 e. The number of aliphatic hydroxyl groups excluding tert-OH is 1. The van der Waals surface area contributed by atoms with E-state index in [0.717, 1.165) is 38.5 Å². The number of rotatable bonds is 6. The van der Waals surface area contributed by atoms with Crippen LogP contribution < -0.4 is 0 Å². The van der Waals surface area contributed by atoms with Crippen LogP contribution in [-0.2, 0) is 14.4 Å². The molecule has 1 unspecified atom stereocenters. The minimum Gasteiger partial charge on any atom is -0.396 e. The number of amides is 3. The second-order valence-electron chi connectivity index (χ2n) is 11.1. The van der Waals surface area contributed by atoms with Crippen LogP contribution in [0.15, 0.2) is 24.3 Å². The van der Waals surface area contributed by atoms with E-state index in [9.17, 15) is 19.5 Å². The SMILES string of the molecule is CN1CC=C[C@@]2(C)S[C@]34C=CCN(C5CCCCC5)C(=O)C3N(CCCCCO)C(=O)[C@@H]4[C@H]2C1=O. The van der Waals surface area contributed by atoms with Crippen molar-refractivity contribution in [2.24, 2.45) is 11.8 Å². The Morgan fingerprint density at radius 2 is 1.69 bits per heavy atom. The maximum atomic E-state index is 14.4. The van der Waals surface area contributed by atoms with Crippen molar-refractivity contribution in [1.29, 1.82) is 0 Å². The van der Waals surface area contributed by atoms with Gasteiger partial charge in [0, 0.05) is 44.1 Å². The molecule has 3 amide bonds. The molecule has 0 bridgehead atoms. The van der Waals surface area contributed by atoms with Crippen molar-refractivity contribution in [2.75, 3.05) is 33.3 Å². The molecule has 5 atom stereocenters. The van der Waals surface area contributed by atoms with E-state index in [-0.39, 0.29) is 30.4 Å². The molecule has 3 fully saturated rings. The van der Waals surface area contributed by atoms with Crippen LogP contribution in [0, 0.1) is 11.8 Å². The fraction of sp³-hybridized carbons (Fsp3) is 0.741. The Bertz CT molecular complexity index is 931. The molecule has 5 rings (SSSR count). The first-order valence-electron chi connectivity index (χ1n) is 13.4. The Balaban J connectivity index is 1.56. The zero-order valence-corrected chi connectivity index (χ0v) is 21.8. The summed E-state index contributed by atoms with van der Waals surface area (Å²) >= 11 is 1.66. The molecule has 5 aliphatic rings. The summed E-state index contributed by atoms with van der Waals surface area (Å²) in [6.07, 6.45) is 16.1. The van der Waals surface area contributed by atoms with Crippen molar-refractivity contribution in [3.8, 4) is 0 Å². The highest BCUT2D eigenvalue weighted by Crippen LogP contribution is 2.65. The average Bonchev–Trinajstić information content (AvgIpc) is 3.11. The maximum absolute atomic E-state index is 14.4. The van der Waals surface area contributed by atoms with E-state index in [2.05, 4.69) is 25.2 Å². The van der Waals surface area contributed by atoms with E-state index in [1.807, 2.05) is 15.9 Å². The van der Waals surface area contributed by atoms with Crippen LogP contribution in [-0.4, -0.2) is 92.4 Å². The van der Waals surface area contributed by atoms with Gasteiger partial charge in [-0.1, -0.05) is 43.6 Å². The molecule has 4 heterocycles. The van der Waals surface area contributed by atoms with Crippen molar-refractivity contribution < 1.29 is 19.5 Å². The smallest absolute Gasteiger partial charge is 0.247 e. The number of likely N-dealkylation sites (N-methyl/N-ethyl adjacent to an activating group) is 1. The van der Waals surface area contributed by atoms with Crippen LogP contribution in [0.1, 0.15) is 58.3 Å². The van der Waals surface area contributed by atoms with E-state index in [0.29, 0.717) is 26.1 Å². The monoisotopic (exact) mass is 501 g/mol. The normalized spacial score (nSPS) is 37.4. The number of aliphatic hydroxyl groups is 1. The van der Waals surface area contributed by atoms with E-state index in [1.54, 1.807) is 23.7 Å². The molecular weight excluding hydrogens is 462 g/mol. The fourth-order valence-corrected chi connectivity index (χ4v) is 9.35. The number of carbonyl (C=O) groups excluding carboxylic acids is 3. The first kappa shape index (κ1) is 24.9. The molecule has 1 spiro atoms. The van der Waals surface area contributed by atoms with Gasteiger partial charge in [0.2, 0.25) is 17.7 Å². The van der Waals surface area contributed by atoms with Gasteiger partial charge in [-0.3, -0.25) is 14.4 Å². The number of fused-ring (bicyclic) bond motifs is 2. The number of nitrogens with zero attached hydrogens (tertiary/aromatic N) is 3. The molecule has 192 valence electrons. The van der Waals surface area contributed by atoms with E-state index in [4.69, 9.17) is 0 Å². The van der Waals surface area contributed by atoms with Gasteiger partial charge < -0.3 is 19.8 Å². The zero-order chi connectivity index (χ0) is 24.8. The first-order valence-corrected chi connectivity index (χ1v) is 14.2. The summed E-state index contributed by atoms with van der Waals surface area (Å²) in [5.41, 5.74) is 0. The Morgan fingerprint density at radius 1 is 0.943 bits per heavy atom. The summed E-state index contributed by atoms with van der Waals surface area (Å²) in [5, 5.41) is 9.22. The predicted octanol–water partition coefficient (Wildman–Crippen LogP) is 2.60. The second-order valence-corrected chi connectivity index (χ2v) is 12.9. The summed E-state index contributed by atoms with van der Waals surface area (Å²) in [7, 11) is 1.80. The Hall–Kier alpha value is -1.80. The number of likely N-dealkylation sites (tertiary alicyclic amines) is 1. The third-order valence-electron chi connectivity index (χ3n) is 8.86.